The topological polar surface area (TPSA) is 115 Å². The standard InChI is InChI=1S/C17H20N4O3S.C2HF3O2/c1-11-15(19-20-25-11)17(22)21-7-8-23-14-5-4-13(21)16(14)24-10-12-3-2-6-18-9-12;3-2(4,5)1(6)7/h2-3,6,9,13-14,16H,4-5,7-8,10H2,1H3;(H,6,7). The molecule has 4 rings (SSSR count). The second-order valence-corrected chi connectivity index (χ2v) is 8.13. The number of rotatable bonds is 4. The van der Waals surface area contributed by atoms with Crippen molar-refractivity contribution in [2.45, 2.75) is 50.8 Å². The number of aliphatic carboxylic acids is 1. The molecule has 1 N–H and O–H groups in total. The molecule has 1 amide bonds. The zero-order valence-corrected chi connectivity index (χ0v) is 17.8. The van der Waals surface area contributed by atoms with E-state index in [0.717, 1.165) is 23.3 Å². The first-order valence-electron chi connectivity index (χ1n) is 9.70. The molecular weight excluding hydrogens is 453 g/mol. The van der Waals surface area contributed by atoms with E-state index in [-0.39, 0.29) is 24.2 Å². The number of amides is 1. The largest absolute Gasteiger partial charge is 0.490 e. The molecule has 2 fully saturated rings. The van der Waals surface area contributed by atoms with Crippen molar-refractivity contribution in [2.24, 2.45) is 0 Å². The molecular formula is C19H21F3N4O5S. The summed E-state index contributed by atoms with van der Waals surface area (Å²) in [6.45, 7) is 3.42. The van der Waals surface area contributed by atoms with Gasteiger partial charge in [0.15, 0.2) is 5.69 Å². The van der Waals surface area contributed by atoms with Gasteiger partial charge >= 0.3 is 12.1 Å². The first kappa shape index (κ1) is 24.0. The lowest BCUT2D eigenvalue weighted by atomic mass is 10.1. The molecule has 0 aromatic carbocycles. The quantitative estimate of drug-likeness (QED) is 0.719. The van der Waals surface area contributed by atoms with Crippen LogP contribution >= 0.6 is 11.5 Å². The summed E-state index contributed by atoms with van der Waals surface area (Å²) in [5, 5.41) is 11.1. The number of alkyl halides is 3. The molecule has 3 unspecified atom stereocenters. The summed E-state index contributed by atoms with van der Waals surface area (Å²) in [6, 6.07) is 3.89. The van der Waals surface area contributed by atoms with Crippen LogP contribution in [0.25, 0.3) is 0 Å². The molecule has 174 valence electrons. The molecule has 2 aromatic rings. The lowest BCUT2D eigenvalue weighted by Crippen LogP contribution is -2.46. The van der Waals surface area contributed by atoms with Crippen molar-refractivity contribution in [1.82, 2.24) is 19.5 Å². The number of carbonyl (C=O) groups is 2. The maximum atomic E-state index is 13.0. The molecule has 1 saturated carbocycles. The van der Waals surface area contributed by atoms with E-state index in [1.54, 1.807) is 12.4 Å². The normalized spacial score (nSPS) is 22.6. The Morgan fingerprint density at radius 1 is 1.38 bits per heavy atom. The highest BCUT2D eigenvalue weighted by Crippen LogP contribution is 2.33. The number of carboxylic acids is 1. The van der Waals surface area contributed by atoms with Crippen molar-refractivity contribution in [2.75, 3.05) is 13.2 Å². The molecule has 13 heteroatoms. The number of hydrogen-bond donors (Lipinski definition) is 1. The van der Waals surface area contributed by atoms with Crippen molar-refractivity contribution < 1.29 is 37.3 Å². The maximum absolute atomic E-state index is 13.0. The Bertz CT molecular complexity index is 927. The van der Waals surface area contributed by atoms with Gasteiger partial charge in [-0.1, -0.05) is 10.6 Å². The third kappa shape index (κ3) is 5.78. The minimum Gasteiger partial charge on any atom is -0.475 e. The van der Waals surface area contributed by atoms with E-state index in [0.29, 0.717) is 25.5 Å². The predicted molar refractivity (Wildman–Crippen MR) is 105 cm³/mol. The first-order valence-corrected chi connectivity index (χ1v) is 10.5. The highest BCUT2D eigenvalue weighted by molar-refractivity contribution is 7.05. The number of fused-ring (bicyclic) bond motifs is 2. The van der Waals surface area contributed by atoms with E-state index in [4.69, 9.17) is 19.4 Å². The summed E-state index contributed by atoms with van der Waals surface area (Å²) in [4.78, 5) is 28.7. The Kier molecular flexibility index (Phi) is 7.74. The molecule has 2 aromatic heterocycles. The fraction of sp³-hybridized carbons (Fsp3) is 0.526. The van der Waals surface area contributed by atoms with Crippen LogP contribution in [0.5, 0.6) is 0 Å². The van der Waals surface area contributed by atoms with Gasteiger partial charge in [-0.2, -0.15) is 13.2 Å². The van der Waals surface area contributed by atoms with Gasteiger partial charge in [0.25, 0.3) is 5.91 Å². The third-order valence-electron chi connectivity index (χ3n) is 5.08. The Morgan fingerprint density at radius 3 is 2.72 bits per heavy atom. The van der Waals surface area contributed by atoms with Crippen LogP contribution in [-0.2, 0) is 20.9 Å². The summed E-state index contributed by atoms with van der Waals surface area (Å²) in [5.74, 6) is -2.83. The van der Waals surface area contributed by atoms with Gasteiger partial charge in [-0.05, 0) is 42.9 Å². The van der Waals surface area contributed by atoms with Crippen LogP contribution in [0.1, 0.15) is 33.8 Å². The molecule has 3 heterocycles. The van der Waals surface area contributed by atoms with Crippen LogP contribution < -0.4 is 0 Å². The van der Waals surface area contributed by atoms with Crippen LogP contribution in [0.15, 0.2) is 24.5 Å². The molecule has 2 bridgehead atoms. The van der Waals surface area contributed by atoms with Gasteiger partial charge in [-0.25, -0.2) is 4.79 Å². The average Bonchev–Trinajstić information content (AvgIpc) is 3.29. The molecule has 32 heavy (non-hydrogen) atoms. The van der Waals surface area contributed by atoms with Crippen molar-refractivity contribution >= 4 is 23.4 Å². The van der Waals surface area contributed by atoms with Gasteiger partial charge in [0.1, 0.15) is 6.10 Å². The van der Waals surface area contributed by atoms with Crippen LogP contribution in [0.4, 0.5) is 13.2 Å². The zero-order valence-electron chi connectivity index (χ0n) is 17.0. The monoisotopic (exact) mass is 474 g/mol. The molecule has 1 saturated heterocycles. The molecule has 3 atom stereocenters. The summed E-state index contributed by atoms with van der Waals surface area (Å²) < 4.78 is 47.8. The average molecular weight is 474 g/mol. The van der Waals surface area contributed by atoms with Gasteiger partial charge in [0.2, 0.25) is 0 Å². The van der Waals surface area contributed by atoms with E-state index < -0.39 is 12.1 Å². The molecule has 1 aliphatic heterocycles. The molecule has 9 nitrogen and oxygen atoms in total. The molecule has 1 aliphatic carbocycles. The third-order valence-corrected chi connectivity index (χ3v) is 5.71. The van der Waals surface area contributed by atoms with E-state index in [1.165, 1.54) is 11.5 Å². The van der Waals surface area contributed by atoms with Crippen LogP contribution in [-0.4, -0.2) is 74.0 Å². The highest BCUT2D eigenvalue weighted by Gasteiger charge is 2.45. The highest BCUT2D eigenvalue weighted by atomic mass is 32.1. The second kappa shape index (κ2) is 10.3. The van der Waals surface area contributed by atoms with Gasteiger partial charge < -0.3 is 19.5 Å². The zero-order chi connectivity index (χ0) is 23.3. The number of carboxylic acid groups (broad SMARTS) is 1. The van der Waals surface area contributed by atoms with Crippen molar-refractivity contribution in [3.63, 3.8) is 0 Å². The molecule has 0 radical (unpaired) electrons. The number of pyridine rings is 1. The number of hydrogen-bond acceptors (Lipinski definition) is 8. The Balaban J connectivity index is 0.000000360. The fourth-order valence-electron chi connectivity index (χ4n) is 3.60. The Hall–Kier alpha value is -2.64. The fourth-order valence-corrected chi connectivity index (χ4v) is 4.06. The van der Waals surface area contributed by atoms with Gasteiger partial charge in [-0.15, -0.1) is 5.10 Å². The number of aromatic nitrogens is 3. The molecule has 0 spiro atoms. The number of halogens is 3. The number of carbonyl (C=O) groups excluding carboxylic acids is 1. The summed E-state index contributed by atoms with van der Waals surface area (Å²) in [7, 11) is 0. The van der Waals surface area contributed by atoms with Crippen molar-refractivity contribution in [1.29, 1.82) is 0 Å². The van der Waals surface area contributed by atoms with Gasteiger partial charge in [-0.3, -0.25) is 9.78 Å². The number of ether oxygens (including phenoxy) is 2. The Labute approximate surface area is 185 Å². The van der Waals surface area contributed by atoms with E-state index in [1.807, 2.05) is 24.0 Å². The van der Waals surface area contributed by atoms with E-state index in [2.05, 4.69) is 14.6 Å². The number of nitrogens with zero attached hydrogens (tertiary/aromatic N) is 4. The van der Waals surface area contributed by atoms with E-state index in [9.17, 15) is 18.0 Å². The lowest BCUT2D eigenvalue weighted by molar-refractivity contribution is -0.192. The van der Waals surface area contributed by atoms with Gasteiger partial charge in [0, 0.05) is 18.9 Å². The smallest absolute Gasteiger partial charge is 0.475 e. The first-order chi connectivity index (χ1) is 15.2. The van der Waals surface area contributed by atoms with Gasteiger partial charge in [0.05, 0.1) is 30.2 Å². The van der Waals surface area contributed by atoms with Crippen molar-refractivity contribution in [3.8, 4) is 0 Å². The Morgan fingerprint density at radius 2 is 2.12 bits per heavy atom. The summed E-state index contributed by atoms with van der Waals surface area (Å²) in [6.07, 6.45) is 0.150. The van der Waals surface area contributed by atoms with Crippen LogP contribution in [0, 0.1) is 6.92 Å². The minimum atomic E-state index is -5.08. The summed E-state index contributed by atoms with van der Waals surface area (Å²) >= 11 is 1.25. The van der Waals surface area contributed by atoms with Crippen LogP contribution in [0.3, 0.4) is 0 Å². The van der Waals surface area contributed by atoms with Crippen LogP contribution in [0.2, 0.25) is 0 Å². The van der Waals surface area contributed by atoms with E-state index >= 15 is 0 Å². The number of aryl methyl sites for hydroxylation is 1. The molecule has 2 aliphatic rings. The predicted octanol–water partition coefficient (Wildman–Crippen LogP) is 2.46. The second-order valence-electron chi connectivity index (χ2n) is 7.17. The minimum absolute atomic E-state index is 0.0118. The lowest BCUT2D eigenvalue weighted by Gasteiger charge is -2.30. The SMILES string of the molecule is Cc1snnc1C(=O)N1CCOC2CCC1C2OCc1cccnc1.O=C(O)C(F)(F)F. The van der Waals surface area contributed by atoms with Crippen molar-refractivity contribution in [3.05, 3.63) is 40.7 Å². The maximum Gasteiger partial charge on any atom is 0.490 e. The summed E-state index contributed by atoms with van der Waals surface area (Å²) in [5.41, 5.74) is 1.46.